The Bertz CT molecular complexity index is 338. The lowest BCUT2D eigenvalue weighted by Crippen LogP contribution is -2.32. The van der Waals surface area contributed by atoms with Gasteiger partial charge in [0.2, 0.25) is 0 Å². The van der Waals surface area contributed by atoms with Crippen LogP contribution in [0.25, 0.3) is 0 Å². The molecule has 0 aliphatic carbocycles. The van der Waals surface area contributed by atoms with Gasteiger partial charge in [0.1, 0.15) is 6.07 Å². The third-order valence-electron chi connectivity index (χ3n) is 1.54. The van der Waals surface area contributed by atoms with Crippen molar-refractivity contribution < 1.29 is 10.0 Å². The molecule has 0 aliphatic rings. The van der Waals surface area contributed by atoms with Gasteiger partial charge in [-0.1, -0.05) is 12.1 Å². The molecular formula is C7H8BClN2O2. The Kier molecular flexibility index (Phi) is 4.28. The van der Waals surface area contributed by atoms with E-state index in [0.29, 0.717) is 0 Å². The lowest BCUT2D eigenvalue weighted by atomic mass is 9.78. The zero-order valence-corrected chi connectivity index (χ0v) is 7.45. The Morgan fingerprint density at radius 1 is 1.38 bits per heavy atom. The zero-order chi connectivity index (χ0) is 9.14. The molecule has 0 spiro atoms. The molecule has 0 aliphatic heterocycles. The van der Waals surface area contributed by atoms with E-state index in [9.17, 15) is 0 Å². The first kappa shape index (κ1) is 11.8. The summed E-state index contributed by atoms with van der Waals surface area (Å²) in [4.78, 5) is 0. The number of benzene rings is 1. The minimum absolute atomic E-state index is 0. The Hall–Kier alpha value is -1.22. The maximum atomic E-state index is 8.79. The van der Waals surface area contributed by atoms with Crippen molar-refractivity contribution in [3.63, 3.8) is 0 Å². The van der Waals surface area contributed by atoms with Crippen molar-refractivity contribution in [2.45, 2.75) is 0 Å². The predicted molar refractivity (Wildman–Crippen MR) is 52.6 cm³/mol. The highest BCUT2D eigenvalue weighted by atomic mass is 35.5. The van der Waals surface area contributed by atoms with Crippen LogP contribution in [-0.4, -0.2) is 17.2 Å². The van der Waals surface area contributed by atoms with E-state index < -0.39 is 7.12 Å². The summed E-state index contributed by atoms with van der Waals surface area (Å²) >= 11 is 0. The van der Waals surface area contributed by atoms with Crippen molar-refractivity contribution in [1.29, 1.82) is 5.26 Å². The fourth-order valence-electron chi connectivity index (χ4n) is 0.906. The Morgan fingerprint density at radius 3 is 2.46 bits per heavy atom. The van der Waals surface area contributed by atoms with Crippen molar-refractivity contribution in [2.75, 3.05) is 5.73 Å². The molecule has 0 radical (unpaired) electrons. The SMILES string of the molecule is Cl.N#Cc1cccc(B(O)O)c1N. The van der Waals surface area contributed by atoms with Crippen LogP contribution in [0.2, 0.25) is 0 Å². The topological polar surface area (TPSA) is 90.3 Å². The van der Waals surface area contributed by atoms with Gasteiger partial charge in [0, 0.05) is 11.2 Å². The van der Waals surface area contributed by atoms with E-state index in [4.69, 9.17) is 21.0 Å². The highest BCUT2D eigenvalue weighted by molar-refractivity contribution is 6.60. The maximum Gasteiger partial charge on any atom is 0.490 e. The summed E-state index contributed by atoms with van der Waals surface area (Å²) in [6.07, 6.45) is 0. The number of anilines is 1. The van der Waals surface area contributed by atoms with E-state index in [0.717, 1.165) is 0 Å². The van der Waals surface area contributed by atoms with Crippen LogP contribution in [0.15, 0.2) is 18.2 Å². The third kappa shape index (κ3) is 2.36. The normalized spacial score (nSPS) is 8.38. The fourth-order valence-corrected chi connectivity index (χ4v) is 0.906. The number of para-hydroxylation sites is 1. The predicted octanol–water partition coefficient (Wildman–Crippen LogP) is -0.758. The molecule has 4 nitrogen and oxygen atoms in total. The second kappa shape index (κ2) is 4.72. The molecule has 1 rings (SSSR count). The Morgan fingerprint density at radius 2 is 2.00 bits per heavy atom. The molecule has 0 saturated carbocycles. The van der Waals surface area contributed by atoms with Gasteiger partial charge in [-0.15, -0.1) is 12.4 Å². The molecule has 0 atom stereocenters. The van der Waals surface area contributed by atoms with E-state index in [-0.39, 0.29) is 29.1 Å². The number of nitrogens with zero attached hydrogens (tertiary/aromatic N) is 1. The number of nitrogen functional groups attached to an aromatic ring is 1. The first-order valence-corrected chi connectivity index (χ1v) is 3.31. The molecule has 0 heterocycles. The molecule has 0 bridgehead atoms. The summed E-state index contributed by atoms with van der Waals surface area (Å²) in [5.74, 6) is 0. The Balaban J connectivity index is 0.00000144. The van der Waals surface area contributed by atoms with Gasteiger partial charge in [-0.2, -0.15) is 5.26 Å². The quantitative estimate of drug-likeness (QED) is 0.409. The van der Waals surface area contributed by atoms with E-state index in [2.05, 4.69) is 0 Å². The molecule has 0 aromatic heterocycles. The van der Waals surface area contributed by atoms with Crippen LogP contribution in [0.5, 0.6) is 0 Å². The lowest BCUT2D eigenvalue weighted by molar-refractivity contribution is 0.426. The zero-order valence-electron chi connectivity index (χ0n) is 6.64. The standard InChI is InChI=1S/C7H7BN2O2.ClH/c9-4-5-2-1-3-6(7(5)10)8(11)12;/h1-3,11-12H,10H2;1H. The first-order valence-electron chi connectivity index (χ1n) is 3.31. The van der Waals surface area contributed by atoms with Gasteiger partial charge in [-0.05, 0) is 6.07 Å². The second-order valence-corrected chi connectivity index (χ2v) is 2.29. The number of nitriles is 1. The molecule has 68 valence electrons. The molecule has 0 unspecified atom stereocenters. The van der Waals surface area contributed by atoms with Gasteiger partial charge >= 0.3 is 7.12 Å². The van der Waals surface area contributed by atoms with Crippen molar-refractivity contribution in [3.05, 3.63) is 23.8 Å². The molecule has 1 aromatic rings. The number of rotatable bonds is 1. The second-order valence-electron chi connectivity index (χ2n) is 2.29. The van der Waals surface area contributed by atoms with Crippen molar-refractivity contribution in [1.82, 2.24) is 0 Å². The monoisotopic (exact) mass is 198 g/mol. The molecule has 1 aromatic carbocycles. The fraction of sp³-hybridized carbons (Fsp3) is 0. The minimum atomic E-state index is -1.63. The summed E-state index contributed by atoms with van der Waals surface area (Å²) in [6, 6.07) is 6.36. The van der Waals surface area contributed by atoms with Crippen molar-refractivity contribution in [2.24, 2.45) is 0 Å². The average molecular weight is 198 g/mol. The number of hydrogen-bond acceptors (Lipinski definition) is 4. The van der Waals surface area contributed by atoms with E-state index in [1.54, 1.807) is 6.07 Å². The highest BCUT2D eigenvalue weighted by Crippen LogP contribution is 2.06. The molecule has 4 N–H and O–H groups in total. The minimum Gasteiger partial charge on any atom is -0.423 e. The van der Waals surface area contributed by atoms with Gasteiger partial charge in [0.15, 0.2) is 0 Å². The lowest BCUT2D eigenvalue weighted by Gasteiger charge is -2.04. The van der Waals surface area contributed by atoms with Crippen LogP contribution in [0, 0.1) is 11.3 Å². The van der Waals surface area contributed by atoms with Gasteiger partial charge in [0.25, 0.3) is 0 Å². The van der Waals surface area contributed by atoms with Crippen LogP contribution >= 0.6 is 12.4 Å². The van der Waals surface area contributed by atoms with E-state index >= 15 is 0 Å². The first-order chi connectivity index (χ1) is 5.66. The van der Waals surface area contributed by atoms with Crippen LogP contribution < -0.4 is 11.2 Å². The van der Waals surface area contributed by atoms with Gasteiger partial charge in [-0.3, -0.25) is 0 Å². The van der Waals surface area contributed by atoms with E-state index in [1.165, 1.54) is 12.1 Å². The number of nitrogens with two attached hydrogens (primary N) is 1. The van der Waals surface area contributed by atoms with Gasteiger partial charge in [0.05, 0.1) is 5.56 Å². The van der Waals surface area contributed by atoms with Crippen molar-refractivity contribution in [3.8, 4) is 6.07 Å². The van der Waals surface area contributed by atoms with Crippen LogP contribution in [0.1, 0.15) is 5.56 Å². The molecule has 0 saturated heterocycles. The summed E-state index contributed by atoms with van der Waals surface area (Å²) in [7, 11) is -1.63. The third-order valence-corrected chi connectivity index (χ3v) is 1.54. The van der Waals surface area contributed by atoms with Gasteiger partial charge in [-0.25, -0.2) is 0 Å². The summed E-state index contributed by atoms with van der Waals surface area (Å²) < 4.78 is 0. The Labute approximate surface area is 82.2 Å². The smallest absolute Gasteiger partial charge is 0.423 e. The molecule has 0 amide bonds. The van der Waals surface area contributed by atoms with Crippen LogP contribution in [0.4, 0.5) is 5.69 Å². The largest absolute Gasteiger partial charge is 0.490 e. The maximum absolute atomic E-state index is 8.79. The average Bonchev–Trinajstić information content (AvgIpc) is 2.04. The molecule has 6 heteroatoms. The van der Waals surface area contributed by atoms with Crippen LogP contribution in [-0.2, 0) is 0 Å². The number of halogens is 1. The van der Waals surface area contributed by atoms with Crippen LogP contribution in [0.3, 0.4) is 0 Å². The molecule has 0 fully saturated rings. The molecular weight excluding hydrogens is 190 g/mol. The van der Waals surface area contributed by atoms with Crippen molar-refractivity contribution >= 4 is 30.7 Å². The van der Waals surface area contributed by atoms with Gasteiger partial charge < -0.3 is 15.8 Å². The summed E-state index contributed by atoms with van der Waals surface area (Å²) in [5, 5.41) is 26.1. The summed E-state index contributed by atoms with van der Waals surface area (Å²) in [6.45, 7) is 0. The number of hydrogen-bond donors (Lipinski definition) is 3. The summed E-state index contributed by atoms with van der Waals surface area (Å²) in [5.41, 5.74) is 5.98. The molecule has 13 heavy (non-hydrogen) atoms. The highest BCUT2D eigenvalue weighted by Gasteiger charge is 2.15. The van der Waals surface area contributed by atoms with E-state index in [1.807, 2.05) is 6.07 Å².